The molecule has 6 nitrogen and oxygen atoms in total. The van der Waals surface area contributed by atoms with Gasteiger partial charge in [-0.15, -0.1) is 0 Å². The Morgan fingerprint density at radius 2 is 1.95 bits per heavy atom. The zero-order valence-electron chi connectivity index (χ0n) is 11.6. The van der Waals surface area contributed by atoms with Crippen molar-refractivity contribution in [1.82, 2.24) is 9.97 Å². The zero-order chi connectivity index (χ0) is 14.7. The van der Waals surface area contributed by atoms with E-state index >= 15 is 0 Å². The largest absolute Gasteiger partial charge is 0.465 e. The van der Waals surface area contributed by atoms with Crippen molar-refractivity contribution in [2.24, 2.45) is 0 Å². The van der Waals surface area contributed by atoms with E-state index in [0.29, 0.717) is 17.1 Å². The minimum absolute atomic E-state index is 0.468. The number of aromatic nitrogens is 2. The molecule has 1 aromatic heterocycles. The molecule has 2 aromatic rings. The molecule has 2 N–H and O–H groups in total. The molecule has 2 rings (SSSR count). The van der Waals surface area contributed by atoms with Gasteiger partial charge < -0.3 is 10.0 Å². The summed E-state index contributed by atoms with van der Waals surface area (Å²) in [6.45, 7) is 1.88. The first kappa shape index (κ1) is 13.8. The van der Waals surface area contributed by atoms with E-state index in [0.717, 1.165) is 11.5 Å². The Morgan fingerprint density at radius 1 is 1.25 bits per heavy atom. The van der Waals surface area contributed by atoms with Crippen LogP contribution in [0.5, 0.6) is 0 Å². The highest BCUT2D eigenvalue weighted by Gasteiger charge is 2.11. The van der Waals surface area contributed by atoms with Crippen LogP contribution >= 0.6 is 0 Å². The third kappa shape index (κ3) is 3.03. The number of carboxylic acid groups (broad SMARTS) is 1. The van der Waals surface area contributed by atoms with Crippen LogP contribution in [0.25, 0.3) is 11.4 Å². The van der Waals surface area contributed by atoms with Crippen molar-refractivity contribution in [3.8, 4) is 11.4 Å². The fourth-order valence-corrected chi connectivity index (χ4v) is 1.80. The summed E-state index contributed by atoms with van der Waals surface area (Å²) >= 11 is 0. The van der Waals surface area contributed by atoms with Gasteiger partial charge in [0.05, 0.1) is 5.69 Å². The summed E-state index contributed by atoms with van der Waals surface area (Å²) in [6.07, 6.45) is -1.11. The van der Waals surface area contributed by atoms with Crippen molar-refractivity contribution in [1.29, 1.82) is 0 Å². The van der Waals surface area contributed by atoms with Gasteiger partial charge in [0.2, 0.25) is 0 Å². The maximum Gasteiger partial charge on any atom is 0.409 e. The van der Waals surface area contributed by atoms with Crippen molar-refractivity contribution in [3.05, 3.63) is 36.0 Å². The summed E-state index contributed by atoms with van der Waals surface area (Å²) in [6, 6.07) is 8.93. The number of benzene rings is 1. The van der Waals surface area contributed by atoms with E-state index < -0.39 is 6.09 Å². The van der Waals surface area contributed by atoms with Gasteiger partial charge in [-0.3, -0.25) is 5.32 Å². The van der Waals surface area contributed by atoms with Crippen LogP contribution in [0.3, 0.4) is 0 Å². The molecule has 1 aromatic carbocycles. The van der Waals surface area contributed by atoms with Gasteiger partial charge in [-0.1, -0.05) is 12.1 Å². The Hall–Kier alpha value is -2.63. The normalized spacial score (nSPS) is 10.2. The molecule has 6 heteroatoms. The molecule has 1 amide bonds. The summed E-state index contributed by atoms with van der Waals surface area (Å²) in [5, 5.41) is 11.2. The standard InChI is InChI=1S/C14H16N4O2/c1-9-8-12(18(2)3)17-13(15-9)10-6-4-5-7-11(10)16-14(19)20/h4-8,16H,1-3H3,(H,19,20). The van der Waals surface area contributed by atoms with E-state index in [4.69, 9.17) is 5.11 Å². The highest BCUT2D eigenvalue weighted by Crippen LogP contribution is 2.26. The fourth-order valence-electron chi connectivity index (χ4n) is 1.80. The number of amides is 1. The summed E-state index contributed by atoms with van der Waals surface area (Å²) in [5.41, 5.74) is 1.95. The average Bonchev–Trinajstić information content (AvgIpc) is 2.37. The first-order valence-electron chi connectivity index (χ1n) is 6.09. The Labute approximate surface area is 117 Å². The minimum atomic E-state index is -1.11. The van der Waals surface area contributed by atoms with Crippen LogP contribution in [0.15, 0.2) is 30.3 Å². The molecule has 0 aliphatic heterocycles. The summed E-state index contributed by atoms with van der Waals surface area (Å²) in [5.74, 6) is 1.27. The minimum Gasteiger partial charge on any atom is -0.465 e. The number of nitrogens with one attached hydrogen (secondary N) is 1. The summed E-state index contributed by atoms with van der Waals surface area (Å²) in [4.78, 5) is 21.6. The smallest absolute Gasteiger partial charge is 0.409 e. The number of rotatable bonds is 3. The number of para-hydroxylation sites is 1. The molecule has 0 spiro atoms. The van der Waals surface area contributed by atoms with Crippen LogP contribution in [-0.2, 0) is 0 Å². The molecule has 0 aliphatic carbocycles. The van der Waals surface area contributed by atoms with Gasteiger partial charge in [-0.25, -0.2) is 14.8 Å². The summed E-state index contributed by atoms with van der Waals surface area (Å²) in [7, 11) is 3.79. The van der Waals surface area contributed by atoms with Crippen LogP contribution in [-0.4, -0.2) is 35.3 Å². The predicted molar refractivity (Wildman–Crippen MR) is 78.2 cm³/mol. The molecule has 0 unspecified atom stereocenters. The molecule has 0 aliphatic rings. The van der Waals surface area contributed by atoms with Crippen molar-refractivity contribution >= 4 is 17.6 Å². The highest BCUT2D eigenvalue weighted by atomic mass is 16.4. The number of carbonyl (C=O) groups is 1. The average molecular weight is 272 g/mol. The first-order valence-corrected chi connectivity index (χ1v) is 6.09. The predicted octanol–water partition coefficient (Wildman–Crippen LogP) is 2.61. The van der Waals surface area contributed by atoms with E-state index in [9.17, 15) is 4.79 Å². The van der Waals surface area contributed by atoms with Gasteiger partial charge in [0.25, 0.3) is 0 Å². The SMILES string of the molecule is Cc1cc(N(C)C)nc(-c2ccccc2NC(=O)O)n1. The maximum atomic E-state index is 10.8. The van der Waals surface area contributed by atoms with Crippen molar-refractivity contribution < 1.29 is 9.90 Å². The van der Waals surface area contributed by atoms with E-state index in [2.05, 4.69) is 15.3 Å². The Balaban J connectivity index is 2.53. The van der Waals surface area contributed by atoms with Crippen LogP contribution in [0, 0.1) is 6.92 Å². The van der Waals surface area contributed by atoms with Crippen LogP contribution in [0.2, 0.25) is 0 Å². The number of hydrogen-bond acceptors (Lipinski definition) is 4. The Kier molecular flexibility index (Phi) is 3.84. The molecule has 0 bridgehead atoms. The number of nitrogens with zero attached hydrogens (tertiary/aromatic N) is 3. The third-order valence-electron chi connectivity index (χ3n) is 2.71. The van der Waals surface area contributed by atoms with Crippen molar-refractivity contribution in [3.63, 3.8) is 0 Å². The van der Waals surface area contributed by atoms with E-state index in [1.165, 1.54) is 0 Å². The van der Waals surface area contributed by atoms with Crippen molar-refractivity contribution in [2.75, 3.05) is 24.3 Å². The van der Waals surface area contributed by atoms with Crippen molar-refractivity contribution in [2.45, 2.75) is 6.92 Å². The Morgan fingerprint density at radius 3 is 2.60 bits per heavy atom. The van der Waals surface area contributed by atoms with E-state index in [1.807, 2.05) is 38.1 Å². The topological polar surface area (TPSA) is 78.4 Å². The second kappa shape index (κ2) is 5.56. The molecule has 104 valence electrons. The monoisotopic (exact) mass is 272 g/mol. The van der Waals surface area contributed by atoms with Gasteiger partial charge in [-0.2, -0.15) is 0 Å². The molecule has 0 atom stereocenters. The van der Waals surface area contributed by atoms with Gasteiger partial charge >= 0.3 is 6.09 Å². The van der Waals surface area contributed by atoms with Gasteiger partial charge in [0.1, 0.15) is 5.82 Å². The van der Waals surface area contributed by atoms with Gasteiger partial charge in [0.15, 0.2) is 5.82 Å². The number of hydrogen-bond donors (Lipinski definition) is 2. The summed E-state index contributed by atoms with van der Waals surface area (Å²) < 4.78 is 0. The molecule has 0 saturated carbocycles. The molecular weight excluding hydrogens is 256 g/mol. The lowest BCUT2D eigenvalue weighted by molar-refractivity contribution is 0.210. The second-order valence-corrected chi connectivity index (χ2v) is 4.56. The number of anilines is 2. The lowest BCUT2D eigenvalue weighted by Gasteiger charge is -2.14. The van der Waals surface area contributed by atoms with Crippen LogP contribution in [0.1, 0.15) is 5.69 Å². The molecule has 0 radical (unpaired) electrons. The second-order valence-electron chi connectivity index (χ2n) is 4.56. The molecule has 0 saturated heterocycles. The quantitative estimate of drug-likeness (QED) is 0.898. The lowest BCUT2D eigenvalue weighted by Crippen LogP contribution is -2.13. The molecular formula is C14H16N4O2. The molecule has 1 heterocycles. The van der Waals surface area contributed by atoms with Gasteiger partial charge in [-0.05, 0) is 19.1 Å². The molecule has 0 fully saturated rings. The zero-order valence-corrected chi connectivity index (χ0v) is 11.6. The molecule has 20 heavy (non-hydrogen) atoms. The van der Waals surface area contributed by atoms with Crippen LogP contribution < -0.4 is 10.2 Å². The Bertz CT molecular complexity index is 641. The van der Waals surface area contributed by atoms with Gasteiger partial charge in [0, 0.05) is 31.4 Å². The van der Waals surface area contributed by atoms with E-state index in [1.54, 1.807) is 18.2 Å². The maximum absolute atomic E-state index is 10.8. The van der Waals surface area contributed by atoms with E-state index in [-0.39, 0.29) is 0 Å². The number of aryl methyl sites for hydroxylation is 1. The van der Waals surface area contributed by atoms with Crippen LogP contribution in [0.4, 0.5) is 16.3 Å². The highest BCUT2D eigenvalue weighted by molar-refractivity contribution is 5.89. The fraction of sp³-hybridized carbons (Fsp3) is 0.214. The lowest BCUT2D eigenvalue weighted by atomic mass is 10.1. The first-order chi connectivity index (χ1) is 9.47. The third-order valence-corrected chi connectivity index (χ3v) is 2.71.